The maximum Gasteiger partial charge on any atom is 0.321 e. The number of benzene rings is 2. The fourth-order valence-electron chi connectivity index (χ4n) is 3.04. The molecule has 2 aromatic rings. The molecule has 1 heterocycles. The molecule has 3 amide bonds. The smallest absolute Gasteiger partial charge is 0.321 e. The summed E-state index contributed by atoms with van der Waals surface area (Å²) in [4.78, 5) is 26.5. The highest BCUT2D eigenvalue weighted by atomic mass is 35.5. The predicted octanol–water partition coefficient (Wildman–Crippen LogP) is 4.07. The first-order valence-electron chi connectivity index (χ1n) is 8.71. The van der Waals surface area contributed by atoms with Crippen molar-refractivity contribution in [2.24, 2.45) is 0 Å². The number of urea groups is 1. The van der Waals surface area contributed by atoms with Crippen LogP contribution in [0.5, 0.6) is 0 Å². The van der Waals surface area contributed by atoms with E-state index in [1.165, 1.54) is 0 Å². The Morgan fingerprint density at radius 2 is 1.81 bits per heavy atom. The van der Waals surface area contributed by atoms with Crippen LogP contribution in [0.15, 0.2) is 48.5 Å². The van der Waals surface area contributed by atoms with Gasteiger partial charge in [-0.25, -0.2) is 4.79 Å². The van der Waals surface area contributed by atoms with Gasteiger partial charge < -0.3 is 15.5 Å². The highest BCUT2D eigenvalue weighted by Gasteiger charge is 2.24. The third kappa shape index (κ3) is 4.55. The Morgan fingerprint density at radius 3 is 2.50 bits per heavy atom. The van der Waals surface area contributed by atoms with Crippen molar-refractivity contribution >= 4 is 29.2 Å². The quantitative estimate of drug-likeness (QED) is 0.854. The first-order chi connectivity index (χ1) is 12.5. The summed E-state index contributed by atoms with van der Waals surface area (Å²) in [6.45, 7) is 3.15. The van der Waals surface area contributed by atoms with E-state index in [1.807, 2.05) is 43.3 Å². The van der Waals surface area contributed by atoms with Gasteiger partial charge in [0, 0.05) is 24.7 Å². The monoisotopic (exact) mass is 371 g/mol. The van der Waals surface area contributed by atoms with Crippen LogP contribution in [0.2, 0.25) is 5.02 Å². The van der Waals surface area contributed by atoms with Crippen molar-refractivity contribution in [3.05, 3.63) is 64.7 Å². The Morgan fingerprint density at radius 1 is 1.08 bits per heavy atom. The van der Waals surface area contributed by atoms with E-state index in [1.54, 1.807) is 17.0 Å². The van der Waals surface area contributed by atoms with Gasteiger partial charge in [-0.1, -0.05) is 41.4 Å². The molecule has 0 radical (unpaired) electrons. The molecule has 1 fully saturated rings. The highest BCUT2D eigenvalue weighted by Crippen LogP contribution is 2.21. The van der Waals surface area contributed by atoms with Gasteiger partial charge in [0.2, 0.25) is 0 Å². The van der Waals surface area contributed by atoms with E-state index in [9.17, 15) is 9.59 Å². The van der Waals surface area contributed by atoms with Crippen molar-refractivity contribution in [1.82, 2.24) is 10.2 Å². The van der Waals surface area contributed by atoms with E-state index >= 15 is 0 Å². The lowest BCUT2D eigenvalue weighted by Crippen LogP contribution is -2.47. The number of aryl methyl sites for hydroxylation is 1. The maximum atomic E-state index is 12.4. The van der Waals surface area contributed by atoms with Crippen LogP contribution in [0.4, 0.5) is 10.5 Å². The maximum absolute atomic E-state index is 12.4. The van der Waals surface area contributed by atoms with Gasteiger partial charge in [0.1, 0.15) is 0 Å². The largest absolute Gasteiger partial charge is 0.349 e. The van der Waals surface area contributed by atoms with E-state index in [0.29, 0.717) is 29.4 Å². The molecule has 1 aliphatic rings. The second-order valence-electron chi connectivity index (χ2n) is 6.51. The Labute approximate surface area is 158 Å². The SMILES string of the molecule is Cc1cccc(C(=O)NC2CCN(C(=O)Nc3ccccc3Cl)CC2)c1. The molecule has 1 aliphatic heterocycles. The number of carbonyl (C=O) groups is 2. The molecule has 6 heteroatoms. The number of hydrogen-bond donors (Lipinski definition) is 2. The predicted molar refractivity (Wildman–Crippen MR) is 104 cm³/mol. The molecule has 1 saturated heterocycles. The van der Waals surface area contributed by atoms with Crippen LogP contribution >= 0.6 is 11.6 Å². The molecule has 0 aliphatic carbocycles. The molecular weight excluding hydrogens is 350 g/mol. The van der Waals surface area contributed by atoms with Gasteiger partial charge in [0.25, 0.3) is 5.91 Å². The second kappa shape index (κ2) is 8.23. The average molecular weight is 372 g/mol. The number of anilines is 1. The first-order valence-corrected chi connectivity index (χ1v) is 9.09. The minimum atomic E-state index is -0.165. The molecule has 0 atom stereocenters. The van der Waals surface area contributed by atoms with Crippen LogP contribution in [0.25, 0.3) is 0 Å². The third-order valence-electron chi connectivity index (χ3n) is 4.51. The lowest BCUT2D eigenvalue weighted by molar-refractivity contribution is 0.0919. The molecule has 0 spiro atoms. The van der Waals surface area contributed by atoms with Crippen molar-refractivity contribution in [2.75, 3.05) is 18.4 Å². The zero-order chi connectivity index (χ0) is 18.5. The lowest BCUT2D eigenvalue weighted by atomic mass is 10.0. The standard InChI is InChI=1S/C20H22ClN3O2/c1-14-5-4-6-15(13-14)19(25)22-16-9-11-24(12-10-16)20(26)23-18-8-3-2-7-17(18)21/h2-8,13,16H,9-12H2,1H3,(H,22,25)(H,23,26). The lowest BCUT2D eigenvalue weighted by Gasteiger charge is -2.32. The van der Waals surface area contributed by atoms with Gasteiger partial charge in [-0.3, -0.25) is 4.79 Å². The molecule has 3 rings (SSSR count). The van der Waals surface area contributed by atoms with Crippen LogP contribution in [0, 0.1) is 6.92 Å². The van der Waals surface area contributed by atoms with Crippen molar-refractivity contribution in [3.8, 4) is 0 Å². The Balaban J connectivity index is 1.50. The normalized spacial score (nSPS) is 14.8. The number of nitrogens with zero attached hydrogens (tertiary/aromatic N) is 1. The van der Waals surface area contributed by atoms with E-state index < -0.39 is 0 Å². The summed E-state index contributed by atoms with van der Waals surface area (Å²) in [6.07, 6.45) is 1.46. The summed E-state index contributed by atoms with van der Waals surface area (Å²) in [5.41, 5.74) is 2.33. The summed E-state index contributed by atoms with van der Waals surface area (Å²) in [5.74, 6) is -0.0623. The number of piperidine rings is 1. The number of amides is 3. The first kappa shape index (κ1) is 18.3. The van der Waals surface area contributed by atoms with Crippen LogP contribution in [0.1, 0.15) is 28.8 Å². The van der Waals surface area contributed by atoms with Crippen molar-refractivity contribution in [1.29, 1.82) is 0 Å². The minimum Gasteiger partial charge on any atom is -0.349 e. The number of carbonyl (C=O) groups excluding carboxylic acids is 2. The zero-order valence-electron chi connectivity index (χ0n) is 14.7. The van der Waals surface area contributed by atoms with Gasteiger partial charge in [-0.15, -0.1) is 0 Å². The van der Waals surface area contributed by atoms with E-state index in [-0.39, 0.29) is 18.0 Å². The summed E-state index contributed by atoms with van der Waals surface area (Å²) >= 11 is 6.08. The molecule has 5 nitrogen and oxygen atoms in total. The van der Waals surface area contributed by atoms with Gasteiger partial charge in [0.05, 0.1) is 10.7 Å². The summed E-state index contributed by atoms with van der Waals surface area (Å²) in [5, 5.41) is 6.41. The van der Waals surface area contributed by atoms with Crippen LogP contribution < -0.4 is 10.6 Å². The summed E-state index contributed by atoms with van der Waals surface area (Å²) in [6, 6.07) is 14.6. The Bertz CT molecular complexity index is 801. The molecule has 0 saturated carbocycles. The second-order valence-corrected chi connectivity index (χ2v) is 6.92. The molecule has 0 unspecified atom stereocenters. The van der Waals surface area contributed by atoms with Crippen LogP contribution in [0.3, 0.4) is 0 Å². The number of nitrogens with one attached hydrogen (secondary N) is 2. The molecule has 0 aromatic heterocycles. The van der Waals surface area contributed by atoms with E-state index in [4.69, 9.17) is 11.6 Å². The number of hydrogen-bond acceptors (Lipinski definition) is 2. The molecular formula is C20H22ClN3O2. The third-order valence-corrected chi connectivity index (χ3v) is 4.84. The van der Waals surface area contributed by atoms with Crippen molar-refractivity contribution < 1.29 is 9.59 Å². The molecule has 2 aromatic carbocycles. The number of para-hydroxylation sites is 1. The van der Waals surface area contributed by atoms with Gasteiger partial charge in [-0.05, 0) is 44.0 Å². The Kier molecular flexibility index (Phi) is 5.78. The molecule has 2 N–H and O–H groups in total. The van der Waals surface area contributed by atoms with Crippen LogP contribution in [-0.4, -0.2) is 36.0 Å². The van der Waals surface area contributed by atoms with Crippen molar-refractivity contribution in [3.63, 3.8) is 0 Å². The van der Waals surface area contributed by atoms with E-state index in [0.717, 1.165) is 18.4 Å². The number of halogens is 1. The average Bonchev–Trinajstić information content (AvgIpc) is 2.64. The number of likely N-dealkylation sites (tertiary alicyclic amines) is 1. The summed E-state index contributed by atoms with van der Waals surface area (Å²) < 4.78 is 0. The number of rotatable bonds is 3. The van der Waals surface area contributed by atoms with Gasteiger partial charge in [-0.2, -0.15) is 0 Å². The topological polar surface area (TPSA) is 61.4 Å². The van der Waals surface area contributed by atoms with E-state index in [2.05, 4.69) is 10.6 Å². The van der Waals surface area contributed by atoms with Gasteiger partial charge >= 0.3 is 6.03 Å². The minimum absolute atomic E-state index is 0.0623. The van der Waals surface area contributed by atoms with Crippen LogP contribution in [-0.2, 0) is 0 Å². The van der Waals surface area contributed by atoms with Gasteiger partial charge in [0.15, 0.2) is 0 Å². The molecule has 136 valence electrons. The zero-order valence-corrected chi connectivity index (χ0v) is 15.4. The fraction of sp³-hybridized carbons (Fsp3) is 0.300. The fourth-order valence-corrected chi connectivity index (χ4v) is 3.22. The molecule has 0 bridgehead atoms. The van der Waals surface area contributed by atoms with Crippen molar-refractivity contribution in [2.45, 2.75) is 25.8 Å². The Hall–Kier alpha value is -2.53. The summed E-state index contributed by atoms with van der Waals surface area (Å²) in [7, 11) is 0. The highest BCUT2D eigenvalue weighted by molar-refractivity contribution is 6.33. The molecule has 26 heavy (non-hydrogen) atoms.